The van der Waals surface area contributed by atoms with E-state index in [-0.39, 0.29) is 11.1 Å². The van der Waals surface area contributed by atoms with Crippen LogP contribution in [0.3, 0.4) is 0 Å². The summed E-state index contributed by atoms with van der Waals surface area (Å²) in [5.74, 6) is -22.0. The van der Waals surface area contributed by atoms with Crippen molar-refractivity contribution < 1.29 is 75.9 Å². The lowest BCUT2D eigenvalue weighted by atomic mass is 9.94. The first-order valence-electron chi connectivity index (χ1n) is 18.4. The Hall–Kier alpha value is -4.58. The van der Waals surface area contributed by atoms with Gasteiger partial charge in [-0.2, -0.15) is 6.07 Å². The average molecular weight is 840 g/mol. The normalized spacial score (nSPS) is 12.4. The molecular weight excluding hydrogens is 797 g/mol. The minimum absolute atomic E-state index is 0.0164. The average Bonchev–Trinajstić information content (AvgIpc) is 3.17. The summed E-state index contributed by atoms with van der Waals surface area (Å²) in [6, 6.07) is 5.54. The van der Waals surface area contributed by atoms with E-state index in [0.717, 1.165) is 31.4 Å². The molecule has 4 rings (SSSR count). The number of rotatable bonds is 19. The number of hydrogen-bond acceptors (Lipinski definition) is 4. The highest BCUT2D eigenvalue weighted by molar-refractivity contribution is 6.39. The molecule has 0 N–H and O–H groups in total. The number of unbranched alkanes of at least 4 members (excludes halogenated alkanes) is 3. The monoisotopic (exact) mass is 839 g/mol. The molecule has 58 heavy (non-hydrogen) atoms. The number of hydrogen-bond donors (Lipinski definition) is 0. The topological polar surface area (TPSA) is 36.9 Å². The summed E-state index contributed by atoms with van der Waals surface area (Å²) in [5, 5.41) is 0. The van der Waals surface area contributed by atoms with Gasteiger partial charge in [-0.05, 0) is 26.2 Å². The molecular formula is C40H42BF12NO4. The fourth-order valence-electron chi connectivity index (χ4n) is 6.21. The van der Waals surface area contributed by atoms with Gasteiger partial charge in [-0.3, -0.25) is 13.3 Å². The van der Waals surface area contributed by atoms with Gasteiger partial charge < -0.3 is 18.7 Å². The minimum atomic E-state index is -2.40. The van der Waals surface area contributed by atoms with Gasteiger partial charge in [0.2, 0.25) is 5.72 Å². The van der Waals surface area contributed by atoms with Crippen molar-refractivity contribution in [1.29, 1.82) is 0 Å². The summed E-state index contributed by atoms with van der Waals surface area (Å²) in [4.78, 5) is 0. The molecule has 1 unspecified atom stereocenters. The molecule has 0 saturated carbocycles. The second-order valence-electron chi connectivity index (χ2n) is 13.2. The first kappa shape index (κ1) is 47.8. The number of quaternary nitrogens is 1. The molecule has 0 bridgehead atoms. The zero-order chi connectivity index (χ0) is 43.4. The molecule has 0 heterocycles. The zero-order valence-electron chi connectivity index (χ0n) is 32.3. The number of nitrogens with zero attached hydrogens (tertiary/aromatic N) is 1. The number of ether oxygens (including phenoxy) is 1. The second-order valence-corrected chi connectivity index (χ2v) is 13.2. The molecule has 5 nitrogen and oxygen atoms in total. The Morgan fingerprint density at radius 1 is 0.517 bits per heavy atom. The Labute approximate surface area is 329 Å². The standard InChI is InChI=1S/C34H40BF9NO4.C6H2F3/c1-6-10-13-45(14-11-7-2,15-12-8-3)34(5,46-9-4)29-28(20-27(40)32(43)33(29)44)49-35(47-21-16-23(36)30(41)24(37)17-21)48-22-18-25(38)31(42)26(39)19-22;7-4-2-1-3-5(8)6(4)9/h16-20H,6-15H2,1-5H3;2-3H/q+1;-1. The van der Waals surface area contributed by atoms with Crippen LogP contribution in [0, 0.1) is 75.9 Å². The molecule has 0 spiro atoms. The fourth-order valence-corrected chi connectivity index (χ4v) is 6.21. The Balaban J connectivity index is 0.000000878. The molecule has 4 aromatic carbocycles. The van der Waals surface area contributed by atoms with E-state index in [4.69, 9.17) is 18.7 Å². The van der Waals surface area contributed by atoms with E-state index in [9.17, 15) is 43.9 Å². The molecule has 1 atom stereocenters. The summed E-state index contributed by atoms with van der Waals surface area (Å²) in [6.45, 7) is 10.3. The van der Waals surface area contributed by atoms with E-state index in [1.807, 2.05) is 20.8 Å². The van der Waals surface area contributed by atoms with Crippen molar-refractivity contribution >= 4 is 7.32 Å². The Morgan fingerprint density at radius 3 is 1.26 bits per heavy atom. The van der Waals surface area contributed by atoms with Crippen molar-refractivity contribution in [3.8, 4) is 17.2 Å². The van der Waals surface area contributed by atoms with E-state index < -0.39 is 106 Å². The van der Waals surface area contributed by atoms with Gasteiger partial charge in [0.25, 0.3) is 0 Å². The molecule has 0 fully saturated rings. The maximum Gasteiger partial charge on any atom is 0.864 e. The van der Waals surface area contributed by atoms with Gasteiger partial charge in [-0.25, -0.2) is 43.9 Å². The van der Waals surface area contributed by atoms with Crippen LogP contribution in [0.25, 0.3) is 0 Å². The van der Waals surface area contributed by atoms with E-state index >= 15 is 8.78 Å². The molecule has 0 aromatic heterocycles. The molecule has 4 aromatic rings. The number of benzene rings is 4. The van der Waals surface area contributed by atoms with Gasteiger partial charge >= 0.3 is 7.32 Å². The SMILES string of the molecule is CCCC[N+](CCCC)(CCCC)C(C)(OCC)c1c(OB(Oc2cc(F)c(F)c(F)c2)Oc2cc(F)c(F)c(F)c2)cc(F)c(F)c1F.Fc1c[c-]cc(F)c1F. The van der Waals surface area contributed by atoms with Crippen LogP contribution in [0.15, 0.2) is 42.5 Å². The van der Waals surface area contributed by atoms with Gasteiger partial charge in [0.1, 0.15) is 22.8 Å². The summed E-state index contributed by atoms with van der Waals surface area (Å²) < 4.78 is 189. The van der Waals surface area contributed by atoms with Crippen molar-refractivity contribution in [2.24, 2.45) is 0 Å². The predicted octanol–water partition coefficient (Wildman–Crippen LogP) is 11.8. The van der Waals surface area contributed by atoms with Crippen LogP contribution in [0.1, 0.15) is 78.7 Å². The van der Waals surface area contributed by atoms with Crippen molar-refractivity contribution in [3.05, 3.63) is 124 Å². The quantitative estimate of drug-likeness (QED) is 0.0235. The van der Waals surface area contributed by atoms with Crippen LogP contribution in [0.2, 0.25) is 0 Å². The summed E-state index contributed by atoms with van der Waals surface area (Å²) in [6.07, 6.45) is 4.16. The van der Waals surface area contributed by atoms with Gasteiger partial charge in [0, 0.05) is 48.9 Å². The van der Waals surface area contributed by atoms with Gasteiger partial charge in [0.15, 0.2) is 52.4 Å². The van der Waals surface area contributed by atoms with Crippen LogP contribution < -0.4 is 14.0 Å². The lowest BCUT2D eigenvalue weighted by molar-refractivity contribution is -1.01. The van der Waals surface area contributed by atoms with Crippen LogP contribution in [0.4, 0.5) is 52.7 Å². The smallest absolute Gasteiger partial charge is 0.489 e. The zero-order valence-corrected chi connectivity index (χ0v) is 32.3. The van der Waals surface area contributed by atoms with Gasteiger partial charge in [-0.15, -0.1) is 12.1 Å². The van der Waals surface area contributed by atoms with E-state index in [1.54, 1.807) is 6.92 Å². The fraction of sp³-hybridized carbons (Fsp3) is 0.400. The highest BCUT2D eigenvalue weighted by Crippen LogP contribution is 2.45. The van der Waals surface area contributed by atoms with E-state index in [2.05, 4.69) is 6.07 Å². The number of halogens is 12. The molecule has 0 aliphatic rings. The molecule has 0 radical (unpaired) electrons. The molecule has 0 saturated heterocycles. The van der Waals surface area contributed by atoms with Crippen LogP contribution in [0.5, 0.6) is 17.2 Å². The predicted molar refractivity (Wildman–Crippen MR) is 190 cm³/mol. The summed E-state index contributed by atoms with van der Waals surface area (Å²) in [7, 11) is -2.40. The molecule has 0 aliphatic heterocycles. The Bertz CT molecular complexity index is 1840. The highest BCUT2D eigenvalue weighted by Gasteiger charge is 2.53. The lowest BCUT2D eigenvalue weighted by Gasteiger charge is -2.52. The minimum Gasteiger partial charge on any atom is -0.489 e. The molecule has 318 valence electrons. The Kier molecular flexibility index (Phi) is 17.7. The van der Waals surface area contributed by atoms with Crippen LogP contribution in [-0.2, 0) is 10.5 Å². The first-order chi connectivity index (χ1) is 27.4. The van der Waals surface area contributed by atoms with E-state index in [1.165, 1.54) is 6.92 Å². The van der Waals surface area contributed by atoms with Gasteiger partial charge in [0.05, 0.1) is 32.1 Å². The lowest BCUT2D eigenvalue weighted by Crippen LogP contribution is -2.64. The third kappa shape index (κ3) is 11.3. The van der Waals surface area contributed by atoms with Crippen molar-refractivity contribution in [3.63, 3.8) is 0 Å². The van der Waals surface area contributed by atoms with E-state index in [0.29, 0.717) is 69.2 Å². The highest BCUT2D eigenvalue weighted by atomic mass is 19.2. The van der Waals surface area contributed by atoms with Crippen LogP contribution >= 0.6 is 0 Å². The third-order valence-corrected chi connectivity index (χ3v) is 9.18. The van der Waals surface area contributed by atoms with Crippen LogP contribution in [-0.4, -0.2) is 38.0 Å². The third-order valence-electron chi connectivity index (χ3n) is 9.18. The maximum absolute atomic E-state index is 16.3. The molecule has 18 heteroatoms. The van der Waals surface area contributed by atoms with Crippen molar-refractivity contribution in [1.82, 2.24) is 0 Å². The first-order valence-corrected chi connectivity index (χ1v) is 18.4. The Morgan fingerprint density at radius 2 is 0.897 bits per heavy atom. The summed E-state index contributed by atoms with van der Waals surface area (Å²) in [5.41, 5.74) is -2.36. The molecule has 0 amide bonds. The molecule has 0 aliphatic carbocycles. The largest absolute Gasteiger partial charge is 0.864 e. The summed E-state index contributed by atoms with van der Waals surface area (Å²) >= 11 is 0. The maximum atomic E-state index is 16.3. The second kappa shape index (κ2) is 21.4. The van der Waals surface area contributed by atoms with Gasteiger partial charge in [-0.1, -0.05) is 40.0 Å². The van der Waals surface area contributed by atoms with Crippen molar-refractivity contribution in [2.45, 2.75) is 78.9 Å². The van der Waals surface area contributed by atoms with Crippen molar-refractivity contribution in [2.75, 3.05) is 26.2 Å².